The van der Waals surface area contributed by atoms with Gasteiger partial charge in [0, 0.05) is 23.7 Å². The predicted octanol–water partition coefficient (Wildman–Crippen LogP) is 4.12. The van der Waals surface area contributed by atoms with Gasteiger partial charge in [-0.15, -0.1) is 10.2 Å². The normalized spacial score (nSPS) is 10.8. The molecule has 38 heavy (non-hydrogen) atoms. The van der Waals surface area contributed by atoms with E-state index in [0.717, 1.165) is 11.3 Å². The molecule has 0 aliphatic heterocycles. The zero-order valence-electron chi connectivity index (χ0n) is 21.0. The van der Waals surface area contributed by atoms with Crippen LogP contribution >= 0.6 is 11.8 Å². The van der Waals surface area contributed by atoms with Crippen molar-refractivity contribution in [3.8, 4) is 34.3 Å². The van der Waals surface area contributed by atoms with E-state index < -0.39 is 5.97 Å². The molecule has 0 fully saturated rings. The minimum Gasteiger partial charge on any atom is -0.493 e. The molecule has 1 heterocycles. The molecule has 0 bridgehead atoms. The number of benzene rings is 3. The summed E-state index contributed by atoms with van der Waals surface area (Å²) in [7, 11) is 2.89. The molecule has 0 unspecified atom stereocenters. The molecule has 1 aromatic heterocycles. The van der Waals surface area contributed by atoms with E-state index in [1.165, 1.54) is 39.1 Å². The van der Waals surface area contributed by atoms with Gasteiger partial charge in [0.15, 0.2) is 22.5 Å². The predicted molar refractivity (Wildman–Crippen MR) is 144 cm³/mol. The first-order chi connectivity index (χ1) is 18.5. The maximum Gasteiger partial charge on any atom is 0.308 e. The fraction of sp³-hybridized carbons (Fsp3) is 0.148. The minimum atomic E-state index is -0.508. The van der Waals surface area contributed by atoms with Crippen molar-refractivity contribution in [3.05, 3.63) is 78.4 Å². The highest BCUT2D eigenvalue weighted by Gasteiger charge is 2.18. The smallest absolute Gasteiger partial charge is 0.308 e. The minimum absolute atomic E-state index is 0.0646. The highest BCUT2D eigenvalue weighted by molar-refractivity contribution is 7.99. The van der Waals surface area contributed by atoms with E-state index in [-0.39, 0.29) is 28.9 Å². The van der Waals surface area contributed by atoms with E-state index in [4.69, 9.17) is 14.2 Å². The molecular weight excluding hydrogens is 506 g/mol. The van der Waals surface area contributed by atoms with Gasteiger partial charge in [0.05, 0.1) is 26.2 Å². The number of hydrazone groups is 1. The molecule has 1 amide bonds. The molecule has 0 saturated carbocycles. The van der Waals surface area contributed by atoms with Gasteiger partial charge in [-0.05, 0) is 24.3 Å². The standard InChI is InChI=1S/C27H25N5O5S/c1-18(33)37-25-22(35-2)14-19(15-23(25)36-3)16-28-29-24(34)17-38-27-31-30-26(20-10-6-4-7-11-20)32(27)21-12-8-5-9-13-21/h4-16H,17H2,1-3H3,(H,29,34)/b28-16-. The van der Waals surface area contributed by atoms with Crippen molar-refractivity contribution >= 4 is 29.9 Å². The van der Waals surface area contributed by atoms with Crippen LogP contribution in [-0.4, -0.2) is 52.8 Å². The zero-order valence-corrected chi connectivity index (χ0v) is 21.8. The van der Waals surface area contributed by atoms with E-state index in [1.807, 2.05) is 65.2 Å². The van der Waals surface area contributed by atoms with Crippen LogP contribution in [0, 0.1) is 0 Å². The Kier molecular flexibility index (Phi) is 8.73. The van der Waals surface area contributed by atoms with Crippen molar-refractivity contribution in [2.45, 2.75) is 12.1 Å². The van der Waals surface area contributed by atoms with E-state index >= 15 is 0 Å². The van der Waals surface area contributed by atoms with E-state index in [2.05, 4.69) is 20.7 Å². The number of aromatic nitrogens is 3. The number of para-hydroxylation sites is 1. The molecule has 194 valence electrons. The number of ether oxygens (including phenoxy) is 3. The van der Waals surface area contributed by atoms with Crippen LogP contribution < -0.4 is 19.6 Å². The summed E-state index contributed by atoms with van der Waals surface area (Å²) in [5.41, 5.74) is 4.87. The molecule has 0 aliphatic rings. The molecule has 4 rings (SSSR count). The SMILES string of the molecule is COc1cc(/C=N\NC(=O)CSc2nnc(-c3ccccc3)n2-c2ccccc2)cc(OC)c1OC(C)=O. The van der Waals surface area contributed by atoms with Gasteiger partial charge in [0.2, 0.25) is 5.75 Å². The number of hydrogen-bond acceptors (Lipinski definition) is 9. The van der Waals surface area contributed by atoms with Crippen LogP contribution in [0.3, 0.4) is 0 Å². The number of methoxy groups -OCH3 is 2. The molecule has 1 N–H and O–H groups in total. The number of amides is 1. The van der Waals surface area contributed by atoms with Crippen LogP contribution in [-0.2, 0) is 9.59 Å². The Morgan fingerprint density at radius 2 is 1.61 bits per heavy atom. The van der Waals surface area contributed by atoms with Crippen LogP contribution in [0.15, 0.2) is 83.1 Å². The van der Waals surface area contributed by atoms with Crippen molar-refractivity contribution in [1.82, 2.24) is 20.2 Å². The van der Waals surface area contributed by atoms with Gasteiger partial charge in [-0.3, -0.25) is 14.2 Å². The first-order valence-electron chi connectivity index (χ1n) is 11.5. The second-order valence-corrected chi connectivity index (χ2v) is 8.72. The van der Waals surface area contributed by atoms with Gasteiger partial charge in [-0.1, -0.05) is 60.3 Å². The lowest BCUT2D eigenvalue weighted by atomic mass is 10.2. The maximum atomic E-state index is 12.5. The number of thioether (sulfide) groups is 1. The van der Waals surface area contributed by atoms with Gasteiger partial charge in [0.1, 0.15) is 0 Å². The third-order valence-electron chi connectivity index (χ3n) is 5.14. The topological polar surface area (TPSA) is 117 Å². The molecule has 3 aromatic carbocycles. The third kappa shape index (κ3) is 6.37. The average molecular weight is 532 g/mol. The summed E-state index contributed by atoms with van der Waals surface area (Å²) in [4.78, 5) is 23.9. The molecule has 0 aliphatic carbocycles. The number of esters is 1. The first-order valence-corrected chi connectivity index (χ1v) is 12.4. The van der Waals surface area contributed by atoms with E-state index in [1.54, 1.807) is 12.1 Å². The Labute approximate surface area is 223 Å². The van der Waals surface area contributed by atoms with Gasteiger partial charge >= 0.3 is 5.97 Å². The number of rotatable bonds is 10. The lowest BCUT2D eigenvalue weighted by Crippen LogP contribution is -2.20. The highest BCUT2D eigenvalue weighted by Crippen LogP contribution is 2.38. The van der Waals surface area contributed by atoms with E-state index in [9.17, 15) is 9.59 Å². The largest absolute Gasteiger partial charge is 0.493 e. The van der Waals surface area contributed by atoms with Gasteiger partial charge in [0.25, 0.3) is 5.91 Å². The molecular formula is C27H25N5O5S. The molecule has 10 nitrogen and oxygen atoms in total. The van der Waals surface area contributed by atoms with Crippen LogP contribution in [0.5, 0.6) is 17.2 Å². The van der Waals surface area contributed by atoms with Crippen molar-refractivity contribution in [3.63, 3.8) is 0 Å². The molecule has 4 aromatic rings. The summed E-state index contributed by atoms with van der Waals surface area (Å²) in [6, 6.07) is 22.7. The number of carbonyl (C=O) groups is 2. The lowest BCUT2D eigenvalue weighted by molar-refractivity contribution is -0.132. The Hall–Kier alpha value is -4.64. The lowest BCUT2D eigenvalue weighted by Gasteiger charge is -2.13. The first kappa shape index (κ1) is 26.4. The van der Waals surface area contributed by atoms with Crippen molar-refractivity contribution in [2.24, 2.45) is 5.10 Å². The Morgan fingerprint density at radius 3 is 2.21 bits per heavy atom. The monoisotopic (exact) mass is 531 g/mol. The summed E-state index contributed by atoms with van der Waals surface area (Å²) in [5.74, 6) is 0.650. The van der Waals surface area contributed by atoms with Crippen LogP contribution in [0.1, 0.15) is 12.5 Å². The quantitative estimate of drug-likeness (QED) is 0.107. The second-order valence-electron chi connectivity index (χ2n) is 7.77. The number of hydrogen-bond donors (Lipinski definition) is 1. The van der Waals surface area contributed by atoms with Gasteiger partial charge in [-0.25, -0.2) is 5.43 Å². The second kappa shape index (κ2) is 12.5. The summed E-state index contributed by atoms with van der Waals surface area (Å²) in [5, 5.41) is 13.3. The van der Waals surface area contributed by atoms with Crippen LogP contribution in [0.2, 0.25) is 0 Å². The molecule has 0 atom stereocenters. The summed E-state index contributed by atoms with van der Waals surface area (Å²) in [6.45, 7) is 1.28. The highest BCUT2D eigenvalue weighted by atomic mass is 32.2. The number of nitrogens with one attached hydrogen (secondary N) is 1. The molecule has 0 radical (unpaired) electrons. The zero-order chi connectivity index (χ0) is 26.9. The summed E-state index contributed by atoms with van der Waals surface area (Å²) >= 11 is 1.25. The van der Waals surface area contributed by atoms with Gasteiger partial charge in [-0.2, -0.15) is 5.10 Å². The Bertz CT molecular complexity index is 1420. The fourth-order valence-corrected chi connectivity index (χ4v) is 4.25. The fourth-order valence-electron chi connectivity index (χ4n) is 3.51. The molecule has 0 spiro atoms. The van der Waals surface area contributed by atoms with Crippen LogP contribution in [0.4, 0.5) is 0 Å². The van der Waals surface area contributed by atoms with Crippen molar-refractivity contribution in [1.29, 1.82) is 0 Å². The number of nitrogens with zero attached hydrogens (tertiary/aromatic N) is 4. The van der Waals surface area contributed by atoms with Crippen molar-refractivity contribution < 1.29 is 23.8 Å². The number of carbonyl (C=O) groups excluding carboxylic acids is 2. The van der Waals surface area contributed by atoms with E-state index in [0.29, 0.717) is 16.5 Å². The third-order valence-corrected chi connectivity index (χ3v) is 6.07. The van der Waals surface area contributed by atoms with Crippen molar-refractivity contribution in [2.75, 3.05) is 20.0 Å². The molecule has 0 saturated heterocycles. The summed E-state index contributed by atoms with van der Waals surface area (Å²) in [6.07, 6.45) is 1.44. The Balaban J connectivity index is 1.46. The maximum absolute atomic E-state index is 12.5. The van der Waals surface area contributed by atoms with Crippen LogP contribution in [0.25, 0.3) is 17.1 Å². The Morgan fingerprint density at radius 1 is 0.974 bits per heavy atom. The molecule has 11 heteroatoms. The summed E-state index contributed by atoms with van der Waals surface area (Å²) < 4.78 is 17.7. The average Bonchev–Trinajstić information content (AvgIpc) is 3.37. The van der Waals surface area contributed by atoms with Gasteiger partial charge < -0.3 is 14.2 Å².